The highest BCUT2D eigenvalue weighted by atomic mass is 35.5. The number of carbonyl (C=O) groups excluding carboxylic acids is 4. The predicted octanol–water partition coefficient (Wildman–Crippen LogP) is 4.83. The van der Waals surface area contributed by atoms with Gasteiger partial charge in [-0.1, -0.05) is 55.8 Å². The van der Waals surface area contributed by atoms with Crippen LogP contribution in [0.25, 0.3) is 0 Å². The lowest BCUT2D eigenvalue weighted by molar-refractivity contribution is -0.135. The molecule has 1 saturated carbocycles. The van der Waals surface area contributed by atoms with E-state index in [1.807, 2.05) is 0 Å². The molecular formula is C31H48ClN4O9P. The summed E-state index contributed by atoms with van der Waals surface area (Å²) in [6.45, 7) is 4.94. The molecule has 1 aromatic carbocycles. The summed E-state index contributed by atoms with van der Waals surface area (Å²) in [7, 11) is -2.71. The SMILES string of the molecule is CCNC(=O)CN(C)C(=O)CC[C@H](NC(=O)/C(CC1CCCCC1)=N/C(=O)OCc1cccc(Cl)c1)C(O)P(=O)(OCC)OCC. The first-order chi connectivity index (χ1) is 21.9. The third-order valence-electron chi connectivity index (χ3n) is 7.41. The lowest BCUT2D eigenvalue weighted by atomic mass is 9.85. The van der Waals surface area contributed by atoms with Gasteiger partial charge in [0.2, 0.25) is 11.8 Å². The van der Waals surface area contributed by atoms with Gasteiger partial charge in [0.15, 0.2) is 5.85 Å². The fourth-order valence-electron chi connectivity index (χ4n) is 5.11. The topological polar surface area (TPSA) is 173 Å². The second-order valence-electron chi connectivity index (χ2n) is 11.1. The molecule has 258 valence electrons. The molecule has 0 spiro atoms. The summed E-state index contributed by atoms with van der Waals surface area (Å²) < 4.78 is 29.5. The number of hydrogen-bond acceptors (Lipinski definition) is 9. The Hall–Kier alpha value is -2.83. The number of nitrogens with zero attached hydrogens (tertiary/aromatic N) is 2. The van der Waals surface area contributed by atoms with Gasteiger partial charge in [-0.15, -0.1) is 0 Å². The average Bonchev–Trinajstić information content (AvgIpc) is 3.02. The lowest BCUT2D eigenvalue weighted by Gasteiger charge is -2.30. The van der Waals surface area contributed by atoms with E-state index in [1.165, 1.54) is 11.9 Å². The molecule has 0 saturated heterocycles. The molecule has 1 unspecified atom stereocenters. The van der Waals surface area contributed by atoms with Crippen molar-refractivity contribution in [1.82, 2.24) is 15.5 Å². The molecule has 4 amide bonds. The van der Waals surface area contributed by atoms with Crippen molar-refractivity contribution >= 4 is 48.7 Å². The van der Waals surface area contributed by atoms with Gasteiger partial charge in [0.05, 0.1) is 25.8 Å². The molecule has 13 nitrogen and oxygen atoms in total. The average molecular weight is 687 g/mol. The Morgan fingerprint density at radius 3 is 2.39 bits per heavy atom. The van der Waals surface area contributed by atoms with E-state index in [2.05, 4.69) is 15.6 Å². The van der Waals surface area contributed by atoms with Crippen LogP contribution < -0.4 is 10.6 Å². The standard InChI is InChI=1S/C31H48ClN4O9P/c1-5-33-27(37)20-36(4)28(38)17-16-25(30(40)46(42,44-6-2)45-7-3)34-29(39)26(19-22-12-9-8-10-13-22)35-31(41)43-21-23-14-11-15-24(32)18-23/h11,14-15,18,22,25,30,40H,5-10,12-13,16-17,19-21H2,1-4H3,(H,33,37)(H,34,39)/b35-26+/t25-,30?/m0/s1. The van der Waals surface area contributed by atoms with Crippen LogP contribution >= 0.6 is 19.2 Å². The quantitative estimate of drug-likeness (QED) is 0.144. The second kappa shape index (κ2) is 20.4. The van der Waals surface area contributed by atoms with Gasteiger partial charge in [0, 0.05) is 25.0 Å². The Morgan fingerprint density at radius 2 is 1.78 bits per heavy atom. The Morgan fingerprint density at radius 1 is 1.11 bits per heavy atom. The molecule has 0 heterocycles. The van der Waals surface area contributed by atoms with Gasteiger partial charge in [0.1, 0.15) is 12.3 Å². The smallest absolute Gasteiger partial charge is 0.434 e. The summed E-state index contributed by atoms with van der Waals surface area (Å²) in [5.74, 6) is -3.31. The summed E-state index contributed by atoms with van der Waals surface area (Å²) in [6.07, 6.45) is 3.57. The Bertz CT molecular complexity index is 1230. The molecular weight excluding hydrogens is 639 g/mol. The normalized spacial score (nSPS) is 15.5. The third kappa shape index (κ3) is 13.5. The van der Waals surface area contributed by atoms with Crippen LogP contribution in [0.4, 0.5) is 4.79 Å². The number of likely N-dealkylation sites (N-methyl/N-ethyl adjacent to an activating group) is 2. The van der Waals surface area contributed by atoms with Crippen molar-refractivity contribution in [2.24, 2.45) is 10.9 Å². The summed E-state index contributed by atoms with van der Waals surface area (Å²) in [5.41, 5.74) is 0.532. The Kier molecular flexibility index (Phi) is 17.5. The molecule has 0 aromatic heterocycles. The van der Waals surface area contributed by atoms with Crippen LogP contribution in [0.15, 0.2) is 29.3 Å². The third-order valence-corrected chi connectivity index (χ3v) is 9.89. The molecule has 1 aromatic rings. The van der Waals surface area contributed by atoms with Crippen LogP contribution in [0.1, 0.15) is 77.7 Å². The molecule has 46 heavy (non-hydrogen) atoms. The zero-order valence-corrected chi connectivity index (χ0v) is 28.8. The first kappa shape index (κ1) is 39.3. The van der Waals surface area contributed by atoms with E-state index in [-0.39, 0.29) is 63.2 Å². The maximum Gasteiger partial charge on any atom is 0.434 e. The largest absolute Gasteiger partial charge is 0.443 e. The van der Waals surface area contributed by atoms with Gasteiger partial charge in [0.25, 0.3) is 5.91 Å². The number of aliphatic imine (C=N–C) groups is 1. The van der Waals surface area contributed by atoms with Crippen molar-refractivity contribution in [2.75, 3.05) is 33.4 Å². The number of benzene rings is 1. The predicted molar refractivity (Wildman–Crippen MR) is 175 cm³/mol. The van der Waals surface area contributed by atoms with Crippen LogP contribution in [0.5, 0.6) is 0 Å². The fourth-order valence-corrected chi connectivity index (χ4v) is 7.09. The molecule has 15 heteroatoms. The van der Waals surface area contributed by atoms with E-state index in [9.17, 15) is 28.8 Å². The molecule has 1 fully saturated rings. The van der Waals surface area contributed by atoms with E-state index in [1.54, 1.807) is 45.0 Å². The number of carbonyl (C=O) groups is 4. The molecule has 1 aliphatic carbocycles. The minimum atomic E-state index is -4.17. The van der Waals surface area contributed by atoms with Crippen LogP contribution in [-0.4, -0.2) is 84.8 Å². The van der Waals surface area contributed by atoms with Crippen LogP contribution in [-0.2, 0) is 39.3 Å². The molecule has 1 aliphatic rings. The number of aliphatic hydroxyl groups excluding tert-OH is 1. The van der Waals surface area contributed by atoms with Crippen molar-refractivity contribution in [3.05, 3.63) is 34.9 Å². The second-order valence-corrected chi connectivity index (χ2v) is 13.6. The van der Waals surface area contributed by atoms with Gasteiger partial charge < -0.3 is 34.4 Å². The monoisotopic (exact) mass is 686 g/mol. The molecule has 3 N–H and O–H groups in total. The van der Waals surface area contributed by atoms with Gasteiger partial charge in [-0.2, -0.15) is 4.99 Å². The highest BCUT2D eigenvalue weighted by molar-refractivity contribution is 7.54. The van der Waals surface area contributed by atoms with E-state index in [4.69, 9.17) is 25.4 Å². The van der Waals surface area contributed by atoms with E-state index < -0.39 is 37.4 Å². The van der Waals surface area contributed by atoms with Crippen LogP contribution in [0.3, 0.4) is 0 Å². The van der Waals surface area contributed by atoms with Crippen molar-refractivity contribution in [2.45, 2.75) is 90.6 Å². The Balaban J connectivity index is 2.31. The number of rotatable bonds is 18. The van der Waals surface area contributed by atoms with Gasteiger partial charge in [-0.05, 0) is 57.2 Å². The molecule has 0 aliphatic heterocycles. The zero-order chi connectivity index (χ0) is 34.1. The van der Waals surface area contributed by atoms with Crippen LogP contribution in [0.2, 0.25) is 5.02 Å². The minimum Gasteiger partial charge on any atom is -0.443 e. The van der Waals surface area contributed by atoms with E-state index in [0.29, 0.717) is 17.1 Å². The first-order valence-corrected chi connectivity index (χ1v) is 17.8. The summed E-state index contributed by atoms with van der Waals surface area (Å²) in [6, 6.07) is 5.48. The van der Waals surface area contributed by atoms with Gasteiger partial charge in [-0.25, -0.2) is 4.79 Å². The number of aliphatic hydroxyl groups is 1. The van der Waals surface area contributed by atoms with Crippen molar-refractivity contribution in [3.8, 4) is 0 Å². The highest BCUT2D eigenvalue weighted by Gasteiger charge is 2.41. The maximum atomic E-state index is 13.7. The van der Waals surface area contributed by atoms with E-state index >= 15 is 0 Å². The van der Waals surface area contributed by atoms with Gasteiger partial charge >= 0.3 is 13.7 Å². The summed E-state index contributed by atoms with van der Waals surface area (Å²) in [5, 5.41) is 17.0. The summed E-state index contributed by atoms with van der Waals surface area (Å²) >= 11 is 6.02. The number of amides is 4. The number of hydrogen-bond donors (Lipinski definition) is 3. The molecule has 0 bridgehead atoms. The molecule has 2 rings (SSSR count). The number of halogens is 1. The zero-order valence-electron chi connectivity index (χ0n) is 27.2. The lowest BCUT2D eigenvalue weighted by Crippen LogP contribution is -2.47. The van der Waals surface area contributed by atoms with Crippen molar-refractivity contribution < 1.29 is 42.6 Å². The number of ether oxygens (including phenoxy) is 1. The summed E-state index contributed by atoms with van der Waals surface area (Å²) in [4.78, 5) is 56.6. The van der Waals surface area contributed by atoms with Gasteiger partial charge in [-0.3, -0.25) is 18.9 Å². The fraction of sp³-hybridized carbons (Fsp3) is 0.645. The first-order valence-electron chi connectivity index (χ1n) is 15.8. The minimum absolute atomic E-state index is 0.0456. The van der Waals surface area contributed by atoms with Crippen molar-refractivity contribution in [1.29, 1.82) is 0 Å². The molecule has 0 radical (unpaired) electrons. The number of nitrogens with one attached hydrogen (secondary N) is 2. The maximum absolute atomic E-state index is 13.7. The van der Waals surface area contributed by atoms with Crippen LogP contribution in [0, 0.1) is 5.92 Å². The Labute approximate surface area is 276 Å². The van der Waals surface area contributed by atoms with E-state index in [0.717, 1.165) is 32.1 Å². The highest BCUT2D eigenvalue weighted by Crippen LogP contribution is 2.53. The van der Waals surface area contributed by atoms with Crippen molar-refractivity contribution in [3.63, 3.8) is 0 Å². The molecule has 2 atom stereocenters.